The summed E-state index contributed by atoms with van der Waals surface area (Å²) in [5.41, 5.74) is -0.495. The van der Waals surface area contributed by atoms with Crippen LogP contribution in [0.1, 0.15) is 34.1 Å². The largest absolute Gasteiger partial charge is 0.272 e. The van der Waals surface area contributed by atoms with E-state index in [4.69, 9.17) is 4.84 Å². The van der Waals surface area contributed by atoms with Crippen LogP contribution in [0.5, 0.6) is 0 Å². The average molecular weight is 280 g/mol. The maximum absolute atomic E-state index is 11.8. The standard InChI is InChI=1S/C11H24N2O4S/c1-9(12-18(6,15)16)7-8-17-13(5)10(14)11(2,3)4/h9,12H,7-8H2,1-6H3. The number of nitrogens with zero attached hydrogens (tertiary/aromatic N) is 1. The highest BCUT2D eigenvalue weighted by Gasteiger charge is 2.25. The molecule has 0 aliphatic rings. The summed E-state index contributed by atoms with van der Waals surface area (Å²) in [5.74, 6) is -0.119. The summed E-state index contributed by atoms with van der Waals surface area (Å²) in [6.45, 7) is 7.45. The molecule has 7 heteroatoms. The van der Waals surface area contributed by atoms with Crippen LogP contribution in [0, 0.1) is 5.41 Å². The highest BCUT2D eigenvalue weighted by atomic mass is 32.2. The third-order valence-corrected chi connectivity index (χ3v) is 3.01. The third-order valence-electron chi connectivity index (χ3n) is 2.18. The van der Waals surface area contributed by atoms with Gasteiger partial charge in [0.25, 0.3) is 5.91 Å². The highest BCUT2D eigenvalue weighted by Crippen LogP contribution is 2.16. The molecule has 18 heavy (non-hydrogen) atoms. The summed E-state index contributed by atoms with van der Waals surface area (Å²) in [7, 11) is -1.64. The maximum Gasteiger partial charge on any atom is 0.251 e. The Morgan fingerprint density at radius 2 is 1.89 bits per heavy atom. The number of hydrogen-bond donors (Lipinski definition) is 1. The fourth-order valence-corrected chi connectivity index (χ4v) is 2.17. The van der Waals surface area contributed by atoms with Gasteiger partial charge < -0.3 is 0 Å². The minimum atomic E-state index is -3.20. The van der Waals surface area contributed by atoms with Gasteiger partial charge in [-0.2, -0.15) is 0 Å². The van der Waals surface area contributed by atoms with Crippen LogP contribution in [0.15, 0.2) is 0 Å². The molecule has 1 N–H and O–H groups in total. The molecule has 0 radical (unpaired) electrons. The van der Waals surface area contributed by atoms with E-state index in [0.717, 1.165) is 6.26 Å². The van der Waals surface area contributed by atoms with E-state index in [0.29, 0.717) is 6.42 Å². The number of carbonyl (C=O) groups is 1. The molecule has 1 atom stereocenters. The summed E-state index contributed by atoms with van der Waals surface area (Å²) in [5, 5.41) is 1.20. The van der Waals surface area contributed by atoms with Crippen molar-refractivity contribution in [2.75, 3.05) is 19.9 Å². The summed E-state index contributed by atoms with van der Waals surface area (Å²) < 4.78 is 24.4. The Morgan fingerprint density at radius 1 is 1.39 bits per heavy atom. The molecule has 108 valence electrons. The molecule has 0 spiro atoms. The normalized spacial score (nSPS) is 14.3. The van der Waals surface area contributed by atoms with Crippen molar-refractivity contribution in [3.63, 3.8) is 0 Å². The molecule has 6 nitrogen and oxygen atoms in total. The molecule has 0 aromatic heterocycles. The van der Waals surface area contributed by atoms with Crippen molar-refractivity contribution in [3.8, 4) is 0 Å². The van der Waals surface area contributed by atoms with E-state index in [1.54, 1.807) is 14.0 Å². The van der Waals surface area contributed by atoms with Crippen LogP contribution in [-0.2, 0) is 19.7 Å². The van der Waals surface area contributed by atoms with Crippen LogP contribution in [0.4, 0.5) is 0 Å². The molecule has 0 aromatic carbocycles. The van der Waals surface area contributed by atoms with E-state index in [2.05, 4.69) is 4.72 Å². The van der Waals surface area contributed by atoms with Gasteiger partial charge in [0.2, 0.25) is 10.0 Å². The van der Waals surface area contributed by atoms with E-state index in [1.807, 2.05) is 20.8 Å². The second-order valence-corrected chi connectivity index (χ2v) is 7.25. The third kappa shape index (κ3) is 7.62. The molecule has 0 fully saturated rings. The molecule has 1 unspecified atom stereocenters. The van der Waals surface area contributed by atoms with Gasteiger partial charge in [-0.15, -0.1) is 0 Å². The lowest BCUT2D eigenvalue weighted by atomic mass is 9.96. The molecule has 0 rings (SSSR count). The molecule has 1 amide bonds. The Bertz CT molecular complexity index is 373. The second kappa shape index (κ2) is 6.49. The van der Waals surface area contributed by atoms with E-state index < -0.39 is 15.4 Å². The van der Waals surface area contributed by atoms with Crippen molar-refractivity contribution in [1.29, 1.82) is 0 Å². The molecular weight excluding hydrogens is 256 g/mol. The van der Waals surface area contributed by atoms with Crippen LogP contribution in [0.25, 0.3) is 0 Å². The lowest BCUT2D eigenvalue weighted by molar-refractivity contribution is -0.187. The van der Waals surface area contributed by atoms with E-state index in [9.17, 15) is 13.2 Å². The first-order valence-corrected chi connectivity index (χ1v) is 7.71. The quantitative estimate of drug-likeness (QED) is 0.729. The summed E-state index contributed by atoms with van der Waals surface area (Å²) >= 11 is 0. The summed E-state index contributed by atoms with van der Waals surface area (Å²) in [4.78, 5) is 17.0. The summed E-state index contributed by atoms with van der Waals surface area (Å²) in [6, 6.07) is -0.224. The number of sulfonamides is 1. The number of amides is 1. The van der Waals surface area contributed by atoms with Crippen LogP contribution in [0.3, 0.4) is 0 Å². The molecule has 0 aromatic rings. The number of nitrogens with one attached hydrogen (secondary N) is 1. The van der Waals surface area contributed by atoms with Crippen molar-refractivity contribution in [2.24, 2.45) is 5.41 Å². The van der Waals surface area contributed by atoms with Crippen molar-refractivity contribution < 1.29 is 18.0 Å². The van der Waals surface area contributed by atoms with Gasteiger partial charge >= 0.3 is 0 Å². The zero-order valence-electron chi connectivity index (χ0n) is 12.0. The average Bonchev–Trinajstić information content (AvgIpc) is 2.11. The van der Waals surface area contributed by atoms with Crippen LogP contribution >= 0.6 is 0 Å². The van der Waals surface area contributed by atoms with Gasteiger partial charge in [-0.25, -0.2) is 18.2 Å². The topological polar surface area (TPSA) is 75.7 Å². The highest BCUT2D eigenvalue weighted by molar-refractivity contribution is 7.88. The molecule has 0 heterocycles. The SMILES string of the molecule is CC(CCON(C)C(=O)C(C)(C)C)NS(C)(=O)=O. The van der Waals surface area contributed by atoms with Crippen molar-refractivity contribution in [3.05, 3.63) is 0 Å². The number of hydrogen-bond acceptors (Lipinski definition) is 4. The molecule has 0 saturated carbocycles. The fourth-order valence-electron chi connectivity index (χ4n) is 1.32. The smallest absolute Gasteiger partial charge is 0.251 e. The van der Waals surface area contributed by atoms with Crippen molar-refractivity contribution >= 4 is 15.9 Å². The van der Waals surface area contributed by atoms with E-state index >= 15 is 0 Å². The van der Waals surface area contributed by atoms with E-state index in [1.165, 1.54) is 5.06 Å². The zero-order valence-corrected chi connectivity index (χ0v) is 12.8. The molecular formula is C11H24N2O4S. The first kappa shape index (κ1) is 17.3. The molecule has 0 bridgehead atoms. The van der Waals surface area contributed by atoms with E-state index in [-0.39, 0.29) is 18.6 Å². The monoisotopic (exact) mass is 280 g/mol. The minimum absolute atomic E-state index is 0.119. The minimum Gasteiger partial charge on any atom is -0.272 e. The maximum atomic E-state index is 11.8. The lowest BCUT2D eigenvalue weighted by Crippen LogP contribution is -2.38. The lowest BCUT2D eigenvalue weighted by Gasteiger charge is -2.25. The summed E-state index contributed by atoms with van der Waals surface area (Å²) in [6.07, 6.45) is 1.61. The van der Waals surface area contributed by atoms with Crippen molar-refractivity contribution in [1.82, 2.24) is 9.79 Å². The predicted octanol–water partition coefficient (Wildman–Crippen LogP) is 0.750. The van der Waals surface area contributed by atoms with Gasteiger partial charge in [0.15, 0.2) is 0 Å². The zero-order chi connectivity index (χ0) is 14.6. The number of rotatable bonds is 6. The van der Waals surface area contributed by atoms with Crippen LogP contribution in [0.2, 0.25) is 0 Å². The van der Waals surface area contributed by atoms with Crippen LogP contribution < -0.4 is 4.72 Å². The van der Waals surface area contributed by atoms with Crippen molar-refractivity contribution in [2.45, 2.75) is 40.2 Å². The Labute approximate surface area is 110 Å². The number of carbonyl (C=O) groups excluding carboxylic acids is 1. The first-order valence-electron chi connectivity index (χ1n) is 5.82. The Balaban J connectivity index is 4.02. The van der Waals surface area contributed by atoms with Gasteiger partial charge in [0.1, 0.15) is 0 Å². The predicted molar refractivity (Wildman–Crippen MR) is 70.2 cm³/mol. The fraction of sp³-hybridized carbons (Fsp3) is 0.909. The first-order chi connectivity index (χ1) is 7.93. The molecule has 0 aliphatic heterocycles. The molecule has 0 aliphatic carbocycles. The van der Waals surface area contributed by atoms with Gasteiger partial charge in [-0.3, -0.25) is 9.63 Å². The Hall–Kier alpha value is -0.660. The van der Waals surface area contributed by atoms with Gasteiger partial charge in [-0.05, 0) is 13.3 Å². The van der Waals surface area contributed by atoms with Gasteiger partial charge in [0, 0.05) is 18.5 Å². The number of hydroxylamine groups is 2. The Kier molecular flexibility index (Phi) is 6.25. The van der Waals surface area contributed by atoms with Gasteiger partial charge in [-0.1, -0.05) is 20.8 Å². The van der Waals surface area contributed by atoms with Crippen LogP contribution in [-0.4, -0.2) is 45.3 Å². The Morgan fingerprint density at radius 3 is 2.28 bits per heavy atom. The molecule has 0 saturated heterocycles. The van der Waals surface area contributed by atoms with Gasteiger partial charge in [0.05, 0.1) is 12.9 Å². The second-order valence-electron chi connectivity index (χ2n) is 5.47.